The third-order valence-corrected chi connectivity index (χ3v) is 11.0. The van der Waals surface area contributed by atoms with Crippen LogP contribution >= 0.6 is 12.6 Å². The lowest BCUT2D eigenvalue weighted by atomic mass is 9.44. The van der Waals surface area contributed by atoms with E-state index in [9.17, 15) is 0 Å². The number of fused-ring (bicyclic) bond motifs is 5. The first kappa shape index (κ1) is 22.1. The van der Waals surface area contributed by atoms with Gasteiger partial charge in [-0.15, -0.1) is 0 Å². The first-order valence-corrected chi connectivity index (χ1v) is 13.6. The Balaban J connectivity index is 1.42. The van der Waals surface area contributed by atoms with Crippen LogP contribution in [0.3, 0.4) is 0 Å². The van der Waals surface area contributed by atoms with Crippen molar-refractivity contribution in [1.82, 2.24) is 5.32 Å². The third-order valence-electron chi connectivity index (χ3n) is 10.7. The molecular formula is C27H47NS. The van der Waals surface area contributed by atoms with Crippen molar-refractivity contribution < 1.29 is 0 Å². The van der Waals surface area contributed by atoms with Gasteiger partial charge in [-0.25, -0.2) is 0 Å². The van der Waals surface area contributed by atoms with Crippen molar-refractivity contribution in [3.05, 3.63) is 12.3 Å². The summed E-state index contributed by atoms with van der Waals surface area (Å²) >= 11 is 4.31. The predicted molar refractivity (Wildman–Crippen MR) is 129 cm³/mol. The number of allylic oxidation sites excluding steroid dienone is 1. The summed E-state index contributed by atoms with van der Waals surface area (Å²) in [7, 11) is 0. The minimum Gasteiger partial charge on any atom is -0.388 e. The Morgan fingerprint density at radius 3 is 2.59 bits per heavy atom. The fourth-order valence-electron chi connectivity index (χ4n) is 9.19. The molecule has 4 saturated carbocycles. The van der Waals surface area contributed by atoms with Crippen LogP contribution < -0.4 is 5.32 Å². The highest BCUT2D eigenvalue weighted by molar-refractivity contribution is 7.80. The molecule has 0 saturated heterocycles. The minimum absolute atomic E-state index is 0.609. The number of hydrogen-bond acceptors (Lipinski definition) is 2. The summed E-state index contributed by atoms with van der Waals surface area (Å²) in [5.41, 5.74) is 2.51. The molecule has 0 radical (unpaired) electrons. The molecule has 0 aromatic heterocycles. The third kappa shape index (κ3) is 3.94. The zero-order valence-electron chi connectivity index (χ0n) is 19.5. The van der Waals surface area contributed by atoms with E-state index in [0.717, 1.165) is 54.2 Å². The predicted octanol–water partition coefficient (Wildman–Crippen LogP) is 7.48. The minimum atomic E-state index is 0.609. The lowest BCUT2D eigenvalue weighted by Crippen LogP contribution is -2.53. The maximum atomic E-state index is 4.31. The highest BCUT2D eigenvalue weighted by Crippen LogP contribution is 2.68. The number of hydrogen-bond donors (Lipinski definition) is 2. The Morgan fingerprint density at radius 2 is 1.79 bits per heavy atom. The van der Waals surface area contributed by atoms with Crippen molar-refractivity contribution in [3.63, 3.8) is 0 Å². The van der Waals surface area contributed by atoms with E-state index in [-0.39, 0.29) is 0 Å². The van der Waals surface area contributed by atoms with Crippen LogP contribution in [0.4, 0.5) is 0 Å². The van der Waals surface area contributed by atoms with Crippen molar-refractivity contribution >= 4 is 12.6 Å². The van der Waals surface area contributed by atoms with Crippen LogP contribution in [0.1, 0.15) is 97.8 Å². The van der Waals surface area contributed by atoms with Crippen molar-refractivity contribution in [1.29, 1.82) is 0 Å². The normalized spacial score (nSPS) is 45.0. The van der Waals surface area contributed by atoms with Gasteiger partial charge in [-0.2, -0.15) is 12.6 Å². The highest BCUT2D eigenvalue weighted by Gasteiger charge is 2.59. The smallest absolute Gasteiger partial charge is 0.0232 e. The summed E-state index contributed by atoms with van der Waals surface area (Å²) in [4.78, 5) is 0. The molecular weight excluding hydrogens is 370 g/mol. The quantitative estimate of drug-likeness (QED) is 0.409. The molecule has 0 aliphatic heterocycles. The Bertz CT molecular complexity index is 587. The van der Waals surface area contributed by atoms with Gasteiger partial charge < -0.3 is 5.32 Å². The van der Waals surface area contributed by atoms with E-state index < -0.39 is 0 Å². The van der Waals surface area contributed by atoms with Crippen LogP contribution in [0, 0.1) is 46.3 Å². The molecule has 8 unspecified atom stereocenters. The van der Waals surface area contributed by atoms with Crippen LogP contribution in [0.25, 0.3) is 0 Å². The van der Waals surface area contributed by atoms with Gasteiger partial charge in [0.15, 0.2) is 0 Å². The number of nitrogens with one attached hydrogen (secondary N) is 1. The van der Waals surface area contributed by atoms with Gasteiger partial charge in [0.1, 0.15) is 0 Å². The van der Waals surface area contributed by atoms with Crippen LogP contribution in [0.15, 0.2) is 12.3 Å². The number of thiol groups is 1. The molecule has 1 N–H and O–H groups in total. The largest absolute Gasteiger partial charge is 0.388 e. The van der Waals surface area contributed by atoms with Crippen molar-refractivity contribution in [2.24, 2.45) is 46.3 Å². The Kier molecular flexibility index (Phi) is 6.70. The van der Waals surface area contributed by atoms with Gasteiger partial charge >= 0.3 is 0 Å². The van der Waals surface area contributed by atoms with E-state index in [4.69, 9.17) is 0 Å². The first-order valence-electron chi connectivity index (χ1n) is 12.9. The van der Waals surface area contributed by atoms with Gasteiger partial charge in [-0.3, -0.25) is 0 Å². The second kappa shape index (κ2) is 8.79. The summed E-state index contributed by atoms with van der Waals surface area (Å²) in [6.07, 6.45) is 17.7. The number of rotatable bonds is 7. The summed E-state index contributed by atoms with van der Waals surface area (Å²) in [5, 5.41) is 3.44. The molecule has 0 amide bonds. The highest BCUT2D eigenvalue weighted by atomic mass is 32.1. The second-order valence-corrected chi connectivity index (χ2v) is 12.3. The average molecular weight is 418 g/mol. The monoisotopic (exact) mass is 417 g/mol. The van der Waals surface area contributed by atoms with Gasteiger partial charge in [0.05, 0.1) is 0 Å². The fraction of sp³-hybridized carbons (Fsp3) is 0.926. The van der Waals surface area contributed by atoms with Crippen LogP contribution in [0.5, 0.6) is 0 Å². The van der Waals surface area contributed by atoms with Crippen LogP contribution in [0.2, 0.25) is 0 Å². The molecule has 8 atom stereocenters. The zero-order valence-corrected chi connectivity index (χ0v) is 20.4. The Morgan fingerprint density at radius 1 is 1.00 bits per heavy atom. The molecule has 1 nitrogen and oxygen atoms in total. The van der Waals surface area contributed by atoms with Gasteiger partial charge in [-0.05, 0) is 111 Å². The summed E-state index contributed by atoms with van der Waals surface area (Å²) in [6.45, 7) is 13.2. The molecule has 0 bridgehead atoms. The molecule has 0 spiro atoms. The van der Waals surface area contributed by atoms with E-state index in [1.165, 1.54) is 63.5 Å². The topological polar surface area (TPSA) is 12.0 Å². The maximum Gasteiger partial charge on any atom is 0.0232 e. The SMILES string of the molecule is C=C(CCC(C)C1CCC2C3CCC4CCCCC4(C)C3CCC12C)NCCS. The van der Waals surface area contributed by atoms with Gasteiger partial charge in [0, 0.05) is 18.0 Å². The zero-order chi connectivity index (χ0) is 20.6. The van der Waals surface area contributed by atoms with E-state index in [2.05, 4.69) is 45.3 Å². The molecule has 4 aliphatic carbocycles. The first-order chi connectivity index (χ1) is 13.9. The molecule has 29 heavy (non-hydrogen) atoms. The molecule has 166 valence electrons. The standard InChI is InChI=1S/C27H47NS/c1-19(8-9-20(2)28-17-18-29)23-12-13-24-22-11-10-21-7-5-6-15-26(21,3)25(22)14-16-27(23,24)4/h19,21-25,28-29H,2,5-18H2,1,3-4H3. The maximum absolute atomic E-state index is 4.31. The van der Waals surface area contributed by atoms with Crippen molar-refractivity contribution in [3.8, 4) is 0 Å². The van der Waals surface area contributed by atoms with Crippen molar-refractivity contribution in [2.45, 2.75) is 97.8 Å². The molecule has 2 heteroatoms. The van der Waals surface area contributed by atoms with Crippen LogP contribution in [-0.4, -0.2) is 12.3 Å². The average Bonchev–Trinajstić information content (AvgIpc) is 3.07. The fourth-order valence-corrected chi connectivity index (χ4v) is 9.31. The Hall–Kier alpha value is -0.110. The summed E-state index contributed by atoms with van der Waals surface area (Å²) < 4.78 is 0. The molecule has 4 rings (SSSR count). The van der Waals surface area contributed by atoms with E-state index in [1.54, 1.807) is 12.8 Å². The molecule has 0 heterocycles. The van der Waals surface area contributed by atoms with Gasteiger partial charge in [-0.1, -0.05) is 40.2 Å². The molecule has 0 aromatic rings. The van der Waals surface area contributed by atoms with Crippen molar-refractivity contribution in [2.75, 3.05) is 12.3 Å². The molecule has 4 fully saturated rings. The van der Waals surface area contributed by atoms with E-state index in [0.29, 0.717) is 10.8 Å². The van der Waals surface area contributed by atoms with Gasteiger partial charge in [0.25, 0.3) is 0 Å². The van der Waals surface area contributed by atoms with Crippen LogP contribution in [-0.2, 0) is 0 Å². The molecule has 0 aromatic carbocycles. The lowest BCUT2D eigenvalue weighted by molar-refractivity contribution is -0.114. The molecule has 4 aliphatic rings. The van der Waals surface area contributed by atoms with E-state index in [1.807, 2.05) is 0 Å². The van der Waals surface area contributed by atoms with E-state index >= 15 is 0 Å². The Labute approximate surface area is 186 Å². The lowest BCUT2D eigenvalue weighted by Gasteiger charge is -2.61. The second-order valence-electron chi connectivity index (χ2n) is 11.9. The summed E-state index contributed by atoms with van der Waals surface area (Å²) in [5.74, 6) is 6.80. The van der Waals surface area contributed by atoms with Gasteiger partial charge in [0.2, 0.25) is 0 Å². The summed E-state index contributed by atoms with van der Waals surface area (Å²) in [6, 6.07) is 0.